The molecule has 6 nitrogen and oxygen atoms in total. The molecule has 0 atom stereocenters. The molecule has 2 heterocycles. The van der Waals surface area contributed by atoms with E-state index in [-0.39, 0.29) is 22.9 Å². The second kappa shape index (κ2) is 10.8. The number of rotatable bonds is 7. The average molecular weight is 529 g/mol. The van der Waals surface area contributed by atoms with E-state index in [9.17, 15) is 9.59 Å². The number of hydrogen-bond donors (Lipinski definition) is 0. The van der Waals surface area contributed by atoms with Crippen molar-refractivity contribution >= 4 is 28.8 Å². The predicted octanol–water partition coefficient (Wildman–Crippen LogP) is 7.89. The van der Waals surface area contributed by atoms with Gasteiger partial charge in [-0.15, -0.1) is 0 Å². The van der Waals surface area contributed by atoms with Crippen LogP contribution in [-0.2, 0) is 0 Å². The molecule has 0 spiro atoms. The van der Waals surface area contributed by atoms with Crippen LogP contribution in [0, 0.1) is 0 Å². The van der Waals surface area contributed by atoms with E-state index in [1.165, 1.54) is 0 Å². The molecule has 5 aromatic rings. The molecule has 0 bridgehead atoms. The number of benzene rings is 4. The molecule has 1 aromatic heterocycles. The molecule has 40 heavy (non-hydrogen) atoms. The van der Waals surface area contributed by atoms with E-state index in [0.29, 0.717) is 40.4 Å². The van der Waals surface area contributed by atoms with Gasteiger partial charge in [0, 0.05) is 17.0 Å². The first kappa shape index (κ1) is 24.9. The molecular weight excluding hydrogens is 504 g/mol. The molecule has 0 saturated heterocycles. The van der Waals surface area contributed by atoms with Crippen molar-refractivity contribution in [2.75, 3.05) is 6.61 Å². The molecule has 196 valence electrons. The van der Waals surface area contributed by atoms with Gasteiger partial charge in [-0.25, -0.2) is 4.79 Å². The summed E-state index contributed by atoms with van der Waals surface area (Å²) in [5, 5.41) is 0.581. The first-order valence-corrected chi connectivity index (χ1v) is 12.9. The molecule has 0 radical (unpaired) electrons. The lowest BCUT2D eigenvalue weighted by atomic mass is 10.1. The van der Waals surface area contributed by atoms with Crippen molar-refractivity contribution in [1.29, 1.82) is 0 Å². The number of furan rings is 1. The standard InChI is InChI=1S/C34H24O6/c1-2-37-24-17-19-28-27(20-24)31(33(40-28)23-13-7-4-8-14-23)34(36)38-25-16-18-26-30(21-25)39-29(32(26)35)15-9-12-22-10-5-3-6-11-22/h3-21H,2H2,1H3/b12-9+,29-15-. The number of carbonyl (C=O) groups excluding carboxylic acids is 2. The van der Waals surface area contributed by atoms with Crippen molar-refractivity contribution in [1.82, 2.24) is 0 Å². The van der Waals surface area contributed by atoms with Crippen LogP contribution < -0.4 is 14.2 Å². The van der Waals surface area contributed by atoms with Gasteiger partial charge in [0.25, 0.3) is 0 Å². The summed E-state index contributed by atoms with van der Waals surface area (Å²) < 4.78 is 23.4. The van der Waals surface area contributed by atoms with E-state index >= 15 is 0 Å². The van der Waals surface area contributed by atoms with Crippen LogP contribution in [0.5, 0.6) is 17.2 Å². The Bertz CT molecular complexity index is 1780. The molecular formula is C34H24O6. The SMILES string of the molecule is CCOc1ccc2oc(-c3ccccc3)c(C(=O)Oc3ccc4c(c3)O/C(=C\C=C\c3ccccc3)C4=O)c2c1. The maximum atomic E-state index is 13.6. The fraction of sp³-hybridized carbons (Fsp3) is 0.0588. The lowest BCUT2D eigenvalue weighted by molar-refractivity contribution is 0.0736. The van der Waals surface area contributed by atoms with Gasteiger partial charge in [-0.1, -0.05) is 72.8 Å². The summed E-state index contributed by atoms with van der Waals surface area (Å²) in [7, 11) is 0. The lowest BCUT2D eigenvalue weighted by Gasteiger charge is -2.07. The molecule has 6 rings (SSSR count). The van der Waals surface area contributed by atoms with E-state index in [1.54, 1.807) is 48.6 Å². The molecule has 0 aliphatic carbocycles. The van der Waals surface area contributed by atoms with Crippen LogP contribution in [0.15, 0.2) is 119 Å². The average Bonchev–Trinajstić information content (AvgIpc) is 3.51. The first-order chi connectivity index (χ1) is 19.6. The van der Waals surface area contributed by atoms with Crippen molar-refractivity contribution in [3.8, 4) is 28.6 Å². The minimum atomic E-state index is -0.600. The first-order valence-electron chi connectivity index (χ1n) is 12.9. The summed E-state index contributed by atoms with van der Waals surface area (Å²) in [6.07, 6.45) is 5.28. The number of ether oxygens (including phenoxy) is 3. The molecule has 0 fully saturated rings. The summed E-state index contributed by atoms with van der Waals surface area (Å²) in [5.74, 6) is 0.951. The highest BCUT2D eigenvalue weighted by atomic mass is 16.5. The van der Waals surface area contributed by atoms with E-state index in [2.05, 4.69) is 0 Å². The third kappa shape index (κ3) is 4.90. The summed E-state index contributed by atoms with van der Waals surface area (Å²) >= 11 is 0. The van der Waals surface area contributed by atoms with Crippen LogP contribution in [-0.4, -0.2) is 18.4 Å². The fourth-order valence-corrected chi connectivity index (χ4v) is 4.54. The quantitative estimate of drug-likeness (QED) is 0.121. The second-order valence-electron chi connectivity index (χ2n) is 9.04. The van der Waals surface area contributed by atoms with Gasteiger partial charge in [0.05, 0.1) is 12.2 Å². The molecule has 6 heteroatoms. The summed E-state index contributed by atoms with van der Waals surface area (Å²) in [4.78, 5) is 26.4. The number of Topliss-reactive ketones (excluding diaryl/α,β-unsaturated/α-hetero) is 1. The Morgan fingerprint density at radius 1 is 0.875 bits per heavy atom. The second-order valence-corrected chi connectivity index (χ2v) is 9.04. The van der Waals surface area contributed by atoms with Crippen molar-refractivity contribution in [2.24, 2.45) is 0 Å². The van der Waals surface area contributed by atoms with Gasteiger partial charge in [-0.2, -0.15) is 0 Å². The van der Waals surface area contributed by atoms with Gasteiger partial charge in [-0.3, -0.25) is 4.79 Å². The Balaban J connectivity index is 1.29. The van der Waals surface area contributed by atoms with Crippen molar-refractivity contribution in [3.63, 3.8) is 0 Å². The number of carbonyl (C=O) groups is 2. The third-order valence-corrected chi connectivity index (χ3v) is 6.40. The van der Waals surface area contributed by atoms with Gasteiger partial charge in [0.15, 0.2) is 5.76 Å². The third-order valence-electron chi connectivity index (χ3n) is 6.40. The van der Waals surface area contributed by atoms with Gasteiger partial charge < -0.3 is 18.6 Å². The summed E-state index contributed by atoms with van der Waals surface area (Å²) in [5.41, 5.74) is 2.97. The zero-order valence-electron chi connectivity index (χ0n) is 21.6. The number of ketones is 1. The molecule has 1 aliphatic rings. The Labute approximate surface area is 230 Å². The van der Waals surface area contributed by atoms with Crippen molar-refractivity contribution < 1.29 is 28.2 Å². The van der Waals surface area contributed by atoms with Crippen LogP contribution in [0.2, 0.25) is 0 Å². The summed E-state index contributed by atoms with van der Waals surface area (Å²) in [6.45, 7) is 2.38. The number of fused-ring (bicyclic) bond motifs is 2. The van der Waals surface area contributed by atoms with Crippen LogP contribution >= 0.6 is 0 Å². The van der Waals surface area contributed by atoms with Crippen LogP contribution in [0.4, 0.5) is 0 Å². The molecule has 4 aromatic carbocycles. The smallest absolute Gasteiger partial charge is 0.348 e. The Morgan fingerprint density at radius 2 is 1.62 bits per heavy atom. The van der Waals surface area contributed by atoms with E-state index in [1.807, 2.05) is 73.7 Å². The zero-order chi connectivity index (χ0) is 27.5. The van der Waals surface area contributed by atoms with Crippen LogP contribution in [0.1, 0.15) is 33.2 Å². The van der Waals surface area contributed by atoms with Crippen molar-refractivity contribution in [3.05, 3.63) is 132 Å². The highest BCUT2D eigenvalue weighted by Gasteiger charge is 2.29. The topological polar surface area (TPSA) is 75.0 Å². The maximum Gasteiger partial charge on any atom is 0.348 e. The van der Waals surface area contributed by atoms with Crippen LogP contribution in [0.25, 0.3) is 28.4 Å². The molecule has 0 unspecified atom stereocenters. The molecule has 0 N–H and O–H groups in total. The highest BCUT2D eigenvalue weighted by molar-refractivity contribution is 6.13. The van der Waals surface area contributed by atoms with Crippen molar-refractivity contribution in [2.45, 2.75) is 6.92 Å². The van der Waals surface area contributed by atoms with Gasteiger partial charge in [-0.05, 0) is 48.9 Å². The number of esters is 1. The minimum absolute atomic E-state index is 0.196. The number of hydrogen-bond acceptors (Lipinski definition) is 6. The summed E-state index contributed by atoms with van der Waals surface area (Å²) in [6, 6.07) is 29.2. The molecule has 0 saturated carbocycles. The number of allylic oxidation sites excluding steroid dienone is 3. The van der Waals surface area contributed by atoms with E-state index in [0.717, 1.165) is 11.1 Å². The lowest BCUT2D eigenvalue weighted by Crippen LogP contribution is -2.09. The molecule has 0 amide bonds. The van der Waals surface area contributed by atoms with Gasteiger partial charge >= 0.3 is 5.97 Å². The zero-order valence-corrected chi connectivity index (χ0v) is 21.6. The predicted molar refractivity (Wildman–Crippen MR) is 153 cm³/mol. The Kier molecular flexibility index (Phi) is 6.73. The minimum Gasteiger partial charge on any atom is -0.494 e. The molecule has 1 aliphatic heterocycles. The van der Waals surface area contributed by atoms with Gasteiger partial charge in [0.1, 0.15) is 34.2 Å². The normalized spacial score (nSPS) is 13.5. The Hall–Kier alpha value is -5.36. The Morgan fingerprint density at radius 3 is 2.40 bits per heavy atom. The van der Waals surface area contributed by atoms with Crippen LogP contribution in [0.3, 0.4) is 0 Å². The largest absolute Gasteiger partial charge is 0.494 e. The highest BCUT2D eigenvalue weighted by Crippen LogP contribution is 2.38. The fourth-order valence-electron chi connectivity index (χ4n) is 4.54. The maximum absolute atomic E-state index is 13.6. The van der Waals surface area contributed by atoms with E-state index < -0.39 is 5.97 Å². The van der Waals surface area contributed by atoms with E-state index in [4.69, 9.17) is 18.6 Å². The van der Waals surface area contributed by atoms with Gasteiger partial charge in [0.2, 0.25) is 5.78 Å². The monoisotopic (exact) mass is 528 g/mol.